The van der Waals surface area contributed by atoms with E-state index in [4.69, 9.17) is 49.3 Å². The first-order chi connectivity index (χ1) is 28.5. The summed E-state index contributed by atoms with van der Waals surface area (Å²) in [4.78, 5) is 50.2. The maximum Gasteiger partial charge on any atom is 0.697 e. The van der Waals surface area contributed by atoms with Gasteiger partial charge in [-0.05, 0) is 41.0 Å². The van der Waals surface area contributed by atoms with Crippen LogP contribution in [-0.2, 0) is 47.2 Å². The number of hydrogen-bond acceptors (Lipinski definition) is 20. The Morgan fingerprint density at radius 3 is 2.69 bits per heavy atom. The lowest BCUT2D eigenvalue weighted by Gasteiger charge is -2.25. The van der Waals surface area contributed by atoms with E-state index < -0.39 is 82.8 Å². The fraction of sp³-hybridized carbons (Fsp3) is 0.452. The molecular weight excluding hydrogens is 843 g/mol. The van der Waals surface area contributed by atoms with E-state index in [1.807, 2.05) is 0 Å². The number of anilines is 2. The van der Waals surface area contributed by atoms with E-state index in [1.54, 1.807) is 28.8 Å². The molecule has 0 aliphatic carbocycles. The molecular formula is C31H33FN13O11P2S+. The Labute approximate surface area is 335 Å². The monoisotopic (exact) mass is 876 g/mol. The average molecular weight is 877 g/mol. The number of halogens is 1. The number of nitrogens with one attached hydrogen (secondary N) is 1. The summed E-state index contributed by atoms with van der Waals surface area (Å²) in [5.74, 6) is -0.291. The number of esters is 1. The highest BCUT2D eigenvalue weighted by atomic mass is 32.7. The quantitative estimate of drug-likeness (QED) is 0.0337. The van der Waals surface area contributed by atoms with Crippen LogP contribution in [0.1, 0.15) is 37.3 Å². The Hall–Kier alpha value is -5.13. The first kappa shape index (κ1) is 40.6. The van der Waals surface area contributed by atoms with Gasteiger partial charge in [0.2, 0.25) is 5.95 Å². The van der Waals surface area contributed by atoms with E-state index in [2.05, 4.69) is 39.9 Å². The molecule has 9 atom stereocenters. The summed E-state index contributed by atoms with van der Waals surface area (Å²) in [5, 5.41) is 3.39. The van der Waals surface area contributed by atoms with Gasteiger partial charge in [-0.15, -0.1) is 9.05 Å². The topological polar surface area (TPSA) is 324 Å². The van der Waals surface area contributed by atoms with Gasteiger partial charge >= 0.3 is 21.0 Å². The molecule has 3 aliphatic heterocycles. The molecule has 3 fully saturated rings. The Morgan fingerprint density at radius 1 is 1.08 bits per heavy atom. The number of nitrogens with zero attached hydrogens (tertiary/aromatic N) is 10. The van der Waals surface area contributed by atoms with Gasteiger partial charge in [-0.3, -0.25) is 32.8 Å². The first-order valence-corrected chi connectivity index (χ1v) is 22.0. The second-order valence-corrected chi connectivity index (χ2v) is 18.1. The largest absolute Gasteiger partial charge is 0.697 e. The van der Waals surface area contributed by atoms with E-state index in [1.165, 1.54) is 12.7 Å². The van der Waals surface area contributed by atoms with Crippen LogP contribution in [0.25, 0.3) is 32.8 Å². The average Bonchev–Trinajstić information content (AvgIpc) is 4.00. The van der Waals surface area contributed by atoms with Crippen molar-refractivity contribution >= 4 is 66.5 Å². The Bertz CT molecular complexity index is 2540. The fourth-order valence-corrected chi connectivity index (χ4v) is 10.7. The van der Waals surface area contributed by atoms with Crippen molar-refractivity contribution in [3.8, 4) is 5.75 Å². The Morgan fingerprint density at radius 2 is 1.88 bits per heavy atom. The molecule has 1 aromatic carbocycles. The van der Waals surface area contributed by atoms with Gasteiger partial charge in [0.25, 0.3) is 5.56 Å². The van der Waals surface area contributed by atoms with Crippen molar-refractivity contribution < 1.29 is 50.6 Å². The number of ether oxygens (including phenoxy) is 3. The summed E-state index contributed by atoms with van der Waals surface area (Å²) < 4.78 is 88.3. The number of fused-ring (bicyclic) bond motifs is 4. The molecule has 24 nitrogen and oxygen atoms in total. The normalized spacial score (nSPS) is 28.0. The first-order valence-electron chi connectivity index (χ1n) is 17.7. The maximum absolute atomic E-state index is 16.4. The van der Waals surface area contributed by atoms with E-state index >= 15 is 4.39 Å². The zero-order valence-electron chi connectivity index (χ0n) is 30.3. The van der Waals surface area contributed by atoms with Crippen LogP contribution in [0, 0.1) is 0 Å². The highest BCUT2D eigenvalue weighted by Gasteiger charge is 2.54. The fourth-order valence-electron chi connectivity index (χ4n) is 6.54. The van der Waals surface area contributed by atoms with Gasteiger partial charge in [-0.1, -0.05) is 17.2 Å². The van der Waals surface area contributed by atoms with Crippen LogP contribution in [0.3, 0.4) is 0 Å². The predicted molar refractivity (Wildman–Crippen MR) is 203 cm³/mol. The molecule has 28 heteroatoms. The van der Waals surface area contributed by atoms with Crippen molar-refractivity contribution in [2.75, 3.05) is 31.2 Å². The molecule has 7 heterocycles. The minimum atomic E-state index is -4.26. The maximum atomic E-state index is 16.4. The summed E-state index contributed by atoms with van der Waals surface area (Å²) in [7, 11) is -3.01. The molecule has 59 heavy (non-hydrogen) atoms. The summed E-state index contributed by atoms with van der Waals surface area (Å²) in [5.41, 5.74) is 20.6. The Balaban J connectivity index is 1.04. The molecule has 5 N–H and O–H groups in total. The number of alkyl halides is 1. The number of aromatic amines is 1. The Kier molecular flexibility index (Phi) is 11.9. The summed E-state index contributed by atoms with van der Waals surface area (Å²) in [6.45, 7) is -5.10. The number of imidazole rings is 2. The number of H-pyrrole nitrogens is 1. The molecule has 0 radical (unpaired) electrons. The second-order valence-electron chi connectivity index (χ2n) is 13.2. The van der Waals surface area contributed by atoms with Gasteiger partial charge in [-0.2, -0.15) is 4.98 Å². The van der Waals surface area contributed by atoms with Crippen molar-refractivity contribution in [3.05, 3.63) is 69.6 Å². The predicted octanol–water partition coefficient (Wildman–Crippen LogP) is 4.16. The van der Waals surface area contributed by atoms with Crippen LogP contribution in [0.2, 0.25) is 0 Å². The number of azide groups is 1. The van der Waals surface area contributed by atoms with Crippen LogP contribution in [0.15, 0.2) is 53.2 Å². The van der Waals surface area contributed by atoms with Gasteiger partial charge in [0.15, 0.2) is 41.1 Å². The molecule has 3 aliphatic rings. The van der Waals surface area contributed by atoms with Crippen molar-refractivity contribution in [3.63, 3.8) is 0 Å². The third kappa shape index (κ3) is 8.77. The number of carbonyl (C=O) groups is 1. The molecule has 8 rings (SSSR count). The molecule has 310 valence electrons. The van der Waals surface area contributed by atoms with E-state index in [0.29, 0.717) is 23.1 Å². The third-order valence-electron chi connectivity index (χ3n) is 9.33. The zero-order chi connectivity index (χ0) is 41.3. The van der Waals surface area contributed by atoms with Crippen LogP contribution in [0.5, 0.6) is 5.75 Å². The number of hydrogen-bond donors (Lipinski definition) is 3. The van der Waals surface area contributed by atoms with E-state index in [0.717, 1.165) is 22.3 Å². The number of rotatable bonds is 10. The lowest BCUT2D eigenvalue weighted by molar-refractivity contribution is -0.134. The smallest absolute Gasteiger partial charge is 0.427 e. The second kappa shape index (κ2) is 17.2. The molecule has 3 saturated heterocycles. The van der Waals surface area contributed by atoms with Crippen LogP contribution < -0.4 is 21.8 Å². The zero-order valence-corrected chi connectivity index (χ0v) is 32.9. The molecule has 5 aromatic rings. The summed E-state index contributed by atoms with van der Waals surface area (Å²) in [6, 6.07) is 6.42. The van der Waals surface area contributed by atoms with Crippen molar-refractivity contribution in [1.29, 1.82) is 0 Å². The number of carbonyl (C=O) groups excluding carboxylic acids is 1. The highest BCUT2D eigenvalue weighted by Crippen LogP contribution is 2.64. The van der Waals surface area contributed by atoms with E-state index in [9.17, 15) is 18.7 Å². The number of nitrogen functional groups attached to an aromatic ring is 2. The minimum absolute atomic E-state index is 0.0480. The van der Waals surface area contributed by atoms with Gasteiger partial charge in [0, 0.05) is 34.6 Å². The molecule has 0 bridgehead atoms. The molecule has 0 spiro atoms. The molecule has 0 amide bonds. The SMILES string of the molecule is [N-]=[N+]=NCCCC(=O)Oc1ccc(CS[P@@]2(=O)OC[C@H]3O[C@@H](n4cnc5c(=O)[nH]c(N)nc54)[C@H](F)[C@@H]3O[P+](=O)OC[C@H]3O[C@@H](n4cnc5c(N)ncnc54)C[C@@H]3O2)cc1. The van der Waals surface area contributed by atoms with Gasteiger partial charge in [-0.25, -0.2) is 28.9 Å². The lowest BCUT2D eigenvalue weighted by Crippen LogP contribution is -2.34. The van der Waals surface area contributed by atoms with Crippen LogP contribution in [-0.4, -0.2) is 95.4 Å². The number of aromatic nitrogens is 8. The minimum Gasteiger partial charge on any atom is -0.427 e. The summed E-state index contributed by atoms with van der Waals surface area (Å²) in [6.07, 6.45) is -5.06. The molecule has 1 unspecified atom stereocenters. The third-order valence-corrected chi connectivity index (χ3v) is 13.8. The molecule has 4 aromatic heterocycles. The van der Waals surface area contributed by atoms with Crippen molar-refractivity contribution in [2.24, 2.45) is 5.11 Å². The van der Waals surface area contributed by atoms with Gasteiger partial charge in [0.1, 0.15) is 48.7 Å². The van der Waals surface area contributed by atoms with Gasteiger partial charge in [0.05, 0.1) is 19.3 Å². The van der Waals surface area contributed by atoms with Crippen molar-refractivity contribution in [1.82, 2.24) is 39.0 Å². The number of nitrogens with two attached hydrogens (primary N) is 2. The highest BCUT2D eigenvalue weighted by molar-refractivity contribution is 8.54. The molecule has 0 saturated carbocycles. The standard InChI is InChI=1S/C31H32FN13O11P2S/c32-22-25-19(54-30(22)45-14-39-24-28(45)41-31(34)42-29(24)47)10-51-58(49,59-11-15-3-5-16(6-4-15)52-21(46)2-1-7-40-43-35)56-17-8-20(53-18(17)9-50-57(48)55-25)44-13-38-23-26(33)36-12-37-27(23)44/h3-6,12-14,17-20,22,25,30H,1-2,7-11H2,(H4-,33,34,36,37,41,42,47)/p+1/t17-,18+,19+,20+,22+,25+,30+,58-/m0/s1. The van der Waals surface area contributed by atoms with E-state index in [-0.39, 0.29) is 53.8 Å². The van der Waals surface area contributed by atoms with Crippen LogP contribution in [0.4, 0.5) is 16.2 Å². The summed E-state index contributed by atoms with van der Waals surface area (Å²) >= 11 is 0.816. The number of benzene rings is 1. The van der Waals surface area contributed by atoms with Gasteiger partial charge < -0.3 is 25.7 Å². The lowest BCUT2D eigenvalue weighted by atomic mass is 10.1. The van der Waals surface area contributed by atoms with Crippen LogP contribution >= 0.6 is 26.4 Å². The van der Waals surface area contributed by atoms with Crippen molar-refractivity contribution in [2.45, 2.75) is 68.1 Å².